The number of hydrogen-bond donors (Lipinski definition) is 1. The van der Waals surface area contributed by atoms with Crippen LogP contribution in [0.2, 0.25) is 5.02 Å². The highest BCUT2D eigenvalue weighted by atomic mass is 35.5. The Bertz CT molecular complexity index is 709. The van der Waals surface area contributed by atoms with Crippen molar-refractivity contribution in [3.63, 3.8) is 0 Å². The van der Waals surface area contributed by atoms with E-state index in [9.17, 15) is 9.18 Å². The van der Waals surface area contributed by atoms with Crippen LogP contribution >= 0.6 is 11.6 Å². The van der Waals surface area contributed by atoms with Gasteiger partial charge in [0.05, 0.1) is 6.54 Å². The summed E-state index contributed by atoms with van der Waals surface area (Å²) in [6, 6.07) is 11.6. The van der Waals surface area contributed by atoms with Crippen LogP contribution in [0.1, 0.15) is 5.56 Å². The first-order valence-corrected chi connectivity index (χ1v) is 7.96. The van der Waals surface area contributed by atoms with Gasteiger partial charge >= 0.3 is 0 Å². The number of ether oxygens (including phenoxy) is 1. The summed E-state index contributed by atoms with van der Waals surface area (Å²) >= 11 is 6.03. The van der Waals surface area contributed by atoms with E-state index in [1.165, 1.54) is 6.07 Å². The summed E-state index contributed by atoms with van der Waals surface area (Å²) in [5.74, 6) is -0.326. The lowest BCUT2D eigenvalue weighted by atomic mass is 10.2. The van der Waals surface area contributed by atoms with E-state index in [1.54, 1.807) is 48.3 Å². The third-order valence-electron chi connectivity index (χ3n) is 3.52. The summed E-state index contributed by atoms with van der Waals surface area (Å²) in [4.78, 5) is 13.9. The second-order valence-electron chi connectivity index (χ2n) is 5.48. The normalized spacial score (nSPS) is 10.7. The molecule has 6 heteroatoms. The molecule has 0 saturated carbocycles. The molecule has 0 aliphatic heterocycles. The highest BCUT2D eigenvalue weighted by molar-refractivity contribution is 6.31. The van der Waals surface area contributed by atoms with Crippen LogP contribution in [0.15, 0.2) is 42.5 Å². The van der Waals surface area contributed by atoms with Gasteiger partial charge in [0, 0.05) is 17.3 Å². The molecule has 0 bridgehead atoms. The molecule has 0 atom stereocenters. The lowest BCUT2D eigenvalue weighted by Crippen LogP contribution is -2.33. The molecule has 1 N–H and O–H groups in total. The van der Waals surface area contributed by atoms with Crippen molar-refractivity contribution in [2.24, 2.45) is 0 Å². The topological polar surface area (TPSA) is 41.6 Å². The van der Waals surface area contributed by atoms with Crippen molar-refractivity contribution in [2.45, 2.75) is 6.92 Å². The molecule has 24 heavy (non-hydrogen) atoms. The number of carbonyl (C=O) groups is 1. The zero-order chi connectivity index (χ0) is 17.5. The number of benzene rings is 2. The summed E-state index contributed by atoms with van der Waals surface area (Å²) in [6.07, 6.45) is 0. The minimum Gasteiger partial charge on any atom is -0.489 e. The van der Waals surface area contributed by atoms with E-state index in [4.69, 9.17) is 16.3 Å². The molecule has 2 aromatic carbocycles. The predicted octanol–water partition coefficient (Wildman–Crippen LogP) is 3.74. The highest BCUT2D eigenvalue weighted by Crippen LogP contribution is 2.22. The second-order valence-corrected chi connectivity index (χ2v) is 5.88. The van der Waals surface area contributed by atoms with Gasteiger partial charge in [0.25, 0.3) is 0 Å². The Balaban J connectivity index is 1.77. The van der Waals surface area contributed by atoms with Crippen LogP contribution in [-0.2, 0) is 4.79 Å². The third kappa shape index (κ3) is 5.22. The molecule has 0 unspecified atom stereocenters. The number of anilines is 1. The quantitative estimate of drug-likeness (QED) is 0.827. The van der Waals surface area contributed by atoms with Gasteiger partial charge in [0.15, 0.2) is 11.6 Å². The largest absolute Gasteiger partial charge is 0.489 e. The Kier molecular flexibility index (Phi) is 6.58. The minimum absolute atomic E-state index is 0.145. The van der Waals surface area contributed by atoms with Crippen LogP contribution < -0.4 is 10.1 Å². The van der Waals surface area contributed by atoms with E-state index in [1.807, 2.05) is 6.92 Å². The standard InChI is InChI=1S/C18H20ClFN2O2/c1-13-14(19)6-5-8-16(13)21-18(23)12-22(2)10-11-24-17-9-4-3-7-15(17)20/h3-9H,10-12H2,1-2H3,(H,21,23). The van der Waals surface area contributed by atoms with Crippen molar-refractivity contribution in [2.75, 3.05) is 32.1 Å². The molecule has 0 aliphatic rings. The van der Waals surface area contributed by atoms with Gasteiger partial charge in [-0.05, 0) is 43.8 Å². The fourth-order valence-electron chi connectivity index (χ4n) is 2.13. The number of amides is 1. The predicted molar refractivity (Wildman–Crippen MR) is 94.2 cm³/mol. The first-order chi connectivity index (χ1) is 11.5. The first kappa shape index (κ1) is 18.2. The number of nitrogens with zero attached hydrogens (tertiary/aromatic N) is 1. The van der Waals surface area contributed by atoms with Gasteiger partial charge in [0.1, 0.15) is 6.61 Å². The Morgan fingerprint density at radius 1 is 1.25 bits per heavy atom. The monoisotopic (exact) mass is 350 g/mol. The molecule has 0 fully saturated rings. The van der Waals surface area contributed by atoms with E-state index in [0.29, 0.717) is 23.9 Å². The van der Waals surface area contributed by atoms with Gasteiger partial charge < -0.3 is 10.1 Å². The lowest BCUT2D eigenvalue weighted by Gasteiger charge is -2.17. The Morgan fingerprint density at radius 3 is 2.75 bits per heavy atom. The zero-order valence-electron chi connectivity index (χ0n) is 13.7. The highest BCUT2D eigenvalue weighted by Gasteiger charge is 2.10. The second kappa shape index (κ2) is 8.66. The molecule has 1 amide bonds. The summed E-state index contributed by atoms with van der Waals surface area (Å²) in [6.45, 7) is 2.84. The molecule has 2 aromatic rings. The Hall–Kier alpha value is -2.11. The number of carbonyl (C=O) groups excluding carboxylic acids is 1. The number of halogens is 2. The maximum absolute atomic E-state index is 13.4. The van der Waals surface area contributed by atoms with Crippen molar-refractivity contribution in [1.82, 2.24) is 4.90 Å². The molecule has 0 spiro atoms. The van der Waals surface area contributed by atoms with Gasteiger partial charge in [-0.2, -0.15) is 0 Å². The molecular weight excluding hydrogens is 331 g/mol. The van der Waals surface area contributed by atoms with Crippen LogP contribution in [-0.4, -0.2) is 37.6 Å². The Morgan fingerprint density at radius 2 is 2.00 bits per heavy atom. The van der Waals surface area contributed by atoms with Crippen LogP contribution in [0.4, 0.5) is 10.1 Å². The van der Waals surface area contributed by atoms with E-state index >= 15 is 0 Å². The van der Waals surface area contributed by atoms with E-state index in [-0.39, 0.29) is 18.2 Å². The van der Waals surface area contributed by atoms with Crippen molar-refractivity contribution in [3.8, 4) is 5.75 Å². The molecule has 128 valence electrons. The van der Waals surface area contributed by atoms with Gasteiger partial charge in [-0.1, -0.05) is 29.8 Å². The summed E-state index contributed by atoms with van der Waals surface area (Å²) < 4.78 is 18.8. The van der Waals surface area contributed by atoms with Crippen molar-refractivity contribution in [1.29, 1.82) is 0 Å². The van der Waals surface area contributed by atoms with Gasteiger partial charge in [-0.3, -0.25) is 9.69 Å². The molecule has 4 nitrogen and oxygen atoms in total. The van der Waals surface area contributed by atoms with Crippen LogP contribution in [0.3, 0.4) is 0 Å². The molecule has 0 heterocycles. The number of rotatable bonds is 7. The lowest BCUT2D eigenvalue weighted by molar-refractivity contribution is -0.117. The maximum atomic E-state index is 13.4. The number of para-hydroxylation sites is 1. The summed E-state index contributed by atoms with van der Waals surface area (Å²) in [7, 11) is 1.80. The van der Waals surface area contributed by atoms with Gasteiger partial charge in [0.2, 0.25) is 5.91 Å². The number of nitrogens with one attached hydrogen (secondary N) is 1. The van der Waals surface area contributed by atoms with Crippen LogP contribution in [0, 0.1) is 12.7 Å². The molecular formula is C18H20ClFN2O2. The average molecular weight is 351 g/mol. The molecule has 0 saturated heterocycles. The fraction of sp³-hybridized carbons (Fsp3) is 0.278. The van der Waals surface area contributed by atoms with Crippen molar-refractivity contribution in [3.05, 3.63) is 58.9 Å². The molecule has 0 aromatic heterocycles. The van der Waals surface area contributed by atoms with Gasteiger partial charge in [-0.15, -0.1) is 0 Å². The van der Waals surface area contributed by atoms with E-state index in [2.05, 4.69) is 5.32 Å². The number of likely N-dealkylation sites (N-methyl/N-ethyl adjacent to an activating group) is 1. The van der Waals surface area contributed by atoms with Crippen molar-refractivity contribution >= 4 is 23.2 Å². The van der Waals surface area contributed by atoms with Gasteiger partial charge in [-0.25, -0.2) is 4.39 Å². The van der Waals surface area contributed by atoms with Crippen LogP contribution in [0.5, 0.6) is 5.75 Å². The molecule has 0 aliphatic carbocycles. The summed E-state index contributed by atoms with van der Waals surface area (Å²) in [5.41, 5.74) is 1.53. The fourth-order valence-corrected chi connectivity index (χ4v) is 2.30. The number of hydrogen-bond acceptors (Lipinski definition) is 3. The first-order valence-electron chi connectivity index (χ1n) is 7.58. The summed E-state index contributed by atoms with van der Waals surface area (Å²) in [5, 5.41) is 3.44. The zero-order valence-corrected chi connectivity index (χ0v) is 14.4. The Labute approximate surface area is 146 Å². The van der Waals surface area contributed by atoms with Crippen molar-refractivity contribution < 1.29 is 13.9 Å². The van der Waals surface area contributed by atoms with Crippen LogP contribution in [0.25, 0.3) is 0 Å². The maximum Gasteiger partial charge on any atom is 0.238 e. The molecule has 2 rings (SSSR count). The van der Waals surface area contributed by atoms with E-state index < -0.39 is 5.82 Å². The minimum atomic E-state index is -0.394. The SMILES string of the molecule is Cc1c(Cl)cccc1NC(=O)CN(C)CCOc1ccccc1F. The smallest absolute Gasteiger partial charge is 0.238 e. The average Bonchev–Trinajstić information content (AvgIpc) is 2.53. The van der Waals surface area contributed by atoms with E-state index in [0.717, 1.165) is 5.56 Å². The third-order valence-corrected chi connectivity index (χ3v) is 3.93. The molecule has 0 radical (unpaired) electrons.